The van der Waals surface area contributed by atoms with Gasteiger partial charge < -0.3 is 29.5 Å². The molecule has 0 aromatic heterocycles. The van der Waals surface area contributed by atoms with E-state index in [9.17, 15) is 53.7 Å². The number of carbonyl (C=O) groups excluding carboxylic acids is 5. The predicted octanol–water partition coefficient (Wildman–Crippen LogP) is 9.19. The number of carbonyl (C=O) groups is 8. The van der Waals surface area contributed by atoms with E-state index in [1.165, 1.54) is 0 Å². The molecule has 0 aromatic carbocycles. The van der Waals surface area contributed by atoms with Gasteiger partial charge in [0.2, 0.25) is 0 Å². The zero-order valence-corrected chi connectivity index (χ0v) is 43.0. The molecule has 0 saturated heterocycles. The molecule has 8 aliphatic carbocycles. The largest absolute Gasteiger partial charge is 0.481 e. The maximum Gasteiger partial charge on any atom is 0.338 e. The van der Waals surface area contributed by atoms with Crippen LogP contribution in [-0.4, -0.2) is 69.7 Å². The van der Waals surface area contributed by atoms with Crippen molar-refractivity contribution in [3.8, 4) is 0 Å². The molecule has 8 bridgehead atoms. The summed E-state index contributed by atoms with van der Waals surface area (Å²) in [5.74, 6) is -8.19. The number of allylic oxidation sites excluding steroid dienone is 8. The summed E-state index contributed by atoms with van der Waals surface area (Å²) < 4.78 is 16.2. The highest BCUT2D eigenvalue weighted by atomic mass is 16.6. The number of carboxylic acids is 3. The zero-order valence-electron chi connectivity index (χ0n) is 43.0. The van der Waals surface area contributed by atoms with Crippen LogP contribution >= 0.6 is 0 Å². The molecule has 70 heavy (non-hydrogen) atoms. The van der Waals surface area contributed by atoms with Crippen LogP contribution in [0.2, 0.25) is 0 Å². The van der Waals surface area contributed by atoms with Crippen LogP contribution in [0.15, 0.2) is 60.8 Å². The van der Waals surface area contributed by atoms with Crippen molar-refractivity contribution in [1.29, 1.82) is 0 Å². The third-order valence-corrected chi connectivity index (χ3v) is 18.7. The van der Waals surface area contributed by atoms with Gasteiger partial charge in [0.25, 0.3) is 0 Å². The molecule has 3 N–H and O–H groups in total. The van der Waals surface area contributed by atoms with Gasteiger partial charge in [-0.1, -0.05) is 132 Å². The van der Waals surface area contributed by atoms with Gasteiger partial charge in [0.05, 0.1) is 39.6 Å². The van der Waals surface area contributed by atoms with Crippen LogP contribution in [0, 0.1) is 102 Å². The lowest BCUT2D eigenvalue weighted by molar-refractivity contribution is -0.209. The van der Waals surface area contributed by atoms with E-state index in [1.807, 2.05) is 30.4 Å². The van der Waals surface area contributed by atoms with Crippen LogP contribution in [-0.2, 0) is 52.6 Å². The number of carboxylic acid groups (broad SMARTS) is 3. The van der Waals surface area contributed by atoms with Gasteiger partial charge in [-0.15, -0.1) is 0 Å². The Hall–Kier alpha value is -5.14. The standard InChI is InChI=1S/C38H52O10.C18H22O4/c1-31(2,3)35(27(41)42)21-13-15-23(19-21)37(35,33(7,8)9)29(45)47-25(39)17-18-26(40)48-30(46)38(34(10,11)12)24-16-14-22(20-24)36(38,28(43)44)32(4,5)6;19-16(15-9-11-1-3-13(15)7-11)22-6-5-18(17(20)21)10-12-2-4-14(18)8-12/h13-18,21-24H,19-20H2,1-12H3,(H,41,42)(H,43,44);1-4,11-15H,5-10H2,(H,20,21)/b18-17-;. The highest BCUT2D eigenvalue weighted by molar-refractivity contribution is 6.03. The summed E-state index contributed by atoms with van der Waals surface area (Å²) in [5, 5.41) is 31.3. The molecular formula is C56H74O14. The predicted molar refractivity (Wildman–Crippen MR) is 255 cm³/mol. The number of ether oxygens (including phenoxy) is 3. The Balaban J connectivity index is 0.000000270. The Kier molecular flexibility index (Phi) is 13.0. The molecule has 14 heteroatoms. The second-order valence-electron chi connectivity index (χ2n) is 25.7. The molecule has 4 fully saturated rings. The highest BCUT2D eigenvalue weighted by Gasteiger charge is 2.82. The van der Waals surface area contributed by atoms with Gasteiger partial charge in [-0.25, -0.2) is 9.59 Å². The molecule has 8 rings (SSSR count). The maximum absolute atomic E-state index is 14.2. The summed E-state index contributed by atoms with van der Waals surface area (Å²) in [4.78, 5) is 105. The molecule has 8 aliphatic rings. The Morgan fingerprint density at radius 2 is 0.886 bits per heavy atom. The minimum Gasteiger partial charge on any atom is -0.481 e. The average Bonchev–Trinajstić information content (AvgIpc) is 4.10. The van der Waals surface area contributed by atoms with Gasteiger partial charge in [-0.2, -0.15) is 0 Å². The van der Waals surface area contributed by atoms with Crippen molar-refractivity contribution in [1.82, 2.24) is 0 Å². The Bertz CT molecular complexity index is 2280. The van der Waals surface area contributed by atoms with Crippen LogP contribution in [0.3, 0.4) is 0 Å². The van der Waals surface area contributed by atoms with Crippen molar-refractivity contribution in [2.75, 3.05) is 6.61 Å². The van der Waals surface area contributed by atoms with Crippen molar-refractivity contribution >= 4 is 47.8 Å². The van der Waals surface area contributed by atoms with Crippen molar-refractivity contribution in [3.63, 3.8) is 0 Å². The zero-order chi connectivity index (χ0) is 52.2. The number of aliphatic carboxylic acids is 3. The first-order valence-corrected chi connectivity index (χ1v) is 25.0. The van der Waals surface area contributed by atoms with Gasteiger partial charge in [0, 0.05) is 12.2 Å². The van der Waals surface area contributed by atoms with Crippen molar-refractivity contribution < 1.29 is 67.9 Å². The van der Waals surface area contributed by atoms with Crippen molar-refractivity contribution in [2.24, 2.45) is 102 Å². The van der Waals surface area contributed by atoms with Gasteiger partial charge in [0.1, 0.15) is 0 Å². The summed E-state index contributed by atoms with van der Waals surface area (Å²) in [5.41, 5.74) is -11.0. The minimum absolute atomic E-state index is 0.00398. The fourth-order valence-corrected chi connectivity index (χ4v) is 16.6. The molecule has 14 unspecified atom stereocenters. The molecule has 0 aromatic rings. The van der Waals surface area contributed by atoms with E-state index in [0.29, 0.717) is 55.6 Å². The first kappa shape index (κ1) is 52.7. The lowest BCUT2D eigenvalue weighted by Crippen LogP contribution is -2.66. The lowest BCUT2D eigenvalue weighted by Gasteiger charge is -2.58. The Morgan fingerprint density at radius 3 is 1.20 bits per heavy atom. The summed E-state index contributed by atoms with van der Waals surface area (Å²) in [6.45, 7) is 21.4. The second-order valence-corrected chi connectivity index (χ2v) is 25.7. The topological polar surface area (TPSA) is 225 Å². The molecule has 0 spiro atoms. The normalized spacial score (nSPS) is 38.3. The first-order chi connectivity index (χ1) is 32.2. The smallest absolute Gasteiger partial charge is 0.338 e. The molecule has 14 nitrogen and oxygen atoms in total. The minimum atomic E-state index is -1.63. The average molecular weight is 971 g/mol. The van der Waals surface area contributed by atoms with E-state index in [-0.39, 0.29) is 24.4 Å². The summed E-state index contributed by atoms with van der Waals surface area (Å²) in [6, 6.07) is 0. The number of fused-ring (bicyclic) bond motifs is 8. The Labute approximate surface area is 411 Å². The SMILES string of the molecule is CC(C)(C)C1(C(=O)O)C2C=CC(C2)C1(C(=O)OC(=O)/C=C\C(=O)OC(=O)C1(C(C)(C)C)C2C=CC(C2)C1(C(=O)O)C(C)(C)C)C(C)(C)C.O=C(OCCC1(C(=O)O)CC2C=CC1C2)C1CC2C=CC1C2. The number of hydrogen-bond acceptors (Lipinski definition) is 11. The van der Waals surface area contributed by atoms with E-state index >= 15 is 0 Å². The second kappa shape index (κ2) is 17.3. The third-order valence-electron chi connectivity index (χ3n) is 18.7. The van der Waals surface area contributed by atoms with Gasteiger partial charge >= 0.3 is 47.8 Å². The highest BCUT2D eigenvalue weighted by Crippen LogP contribution is 2.77. The fourth-order valence-electron chi connectivity index (χ4n) is 16.6. The van der Waals surface area contributed by atoms with E-state index in [2.05, 4.69) is 18.2 Å². The van der Waals surface area contributed by atoms with Gasteiger partial charge in [0.15, 0.2) is 0 Å². The summed E-state index contributed by atoms with van der Waals surface area (Å²) in [6.07, 6.45) is 22.1. The van der Waals surface area contributed by atoms with Gasteiger partial charge in [-0.05, 0) is 114 Å². The van der Waals surface area contributed by atoms with Crippen LogP contribution in [0.5, 0.6) is 0 Å². The lowest BCUT2D eigenvalue weighted by atomic mass is 9.41. The quantitative estimate of drug-likeness (QED) is 0.0577. The molecule has 0 radical (unpaired) electrons. The number of rotatable bonds is 11. The molecule has 4 saturated carbocycles. The van der Waals surface area contributed by atoms with E-state index in [4.69, 9.17) is 14.2 Å². The Morgan fingerprint density at radius 1 is 0.486 bits per heavy atom. The molecule has 0 aliphatic heterocycles. The molecular weight excluding hydrogens is 897 g/mol. The third kappa shape index (κ3) is 7.27. The number of esters is 5. The molecule has 382 valence electrons. The van der Waals surface area contributed by atoms with E-state index in [0.717, 1.165) is 19.3 Å². The van der Waals surface area contributed by atoms with Crippen LogP contribution in [0.1, 0.15) is 128 Å². The number of hydrogen-bond donors (Lipinski definition) is 3. The van der Waals surface area contributed by atoms with Crippen LogP contribution < -0.4 is 0 Å². The summed E-state index contributed by atoms with van der Waals surface area (Å²) in [7, 11) is 0. The monoisotopic (exact) mass is 971 g/mol. The van der Waals surface area contributed by atoms with E-state index in [1.54, 1.807) is 83.1 Å². The molecule has 0 heterocycles. The van der Waals surface area contributed by atoms with Crippen LogP contribution in [0.25, 0.3) is 0 Å². The summed E-state index contributed by atoms with van der Waals surface area (Å²) >= 11 is 0. The fraction of sp³-hybridized carbons (Fsp3) is 0.679. The first-order valence-electron chi connectivity index (χ1n) is 25.0. The van der Waals surface area contributed by atoms with E-state index < -0.39 is 114 Å². The molecule has 0 amide bonds. The molecule has 14 atom stereocenters. The van der Waals surface area contributed by atoms with Gasteiger partial charge in [-0.3, -0.25) is 28.8 Å². The maximum atomic E-state index is 14.2. The van der Waals surface area contributed by atoms with Crippen molar-refractivity contribution in [3.05, 3.63) is 60.8 Å². The van der Waals surface area contributed by atoms with Crippen LogP contribution in [0.4, 0.5) is 0 Å². The van der Waals surface area contributed by atoms with Crippen molar-refractivity contribution in [2.45, 2.75) is 128 Å².